The topological polar surface area (TPSA) is 113 Å². The number of esters is 2. The van der Waals surface area contributed by atoms with Crippen LogP contribution in [0.1, 0.15) is 26.7 Å². The number of carbonyl (C=O) groups excluding carboxylic acids is 3. The van der Waals surface area contributed by atoms with Gasteiger partial charge < -0.3 is 24.6 Å². The van der Waals surface area contributed by atoms with E-state index in [9.17, 15) is 24.6 Å². The van der Waals surface area contributed by atoms with Gasteiger partial charge in [-0.2, -0.15) is 0 Å². The van der Waals surface area contributed by atoms with Crippen molar-refractivity contribution in [1.29, 1.82) is 0 Å². The van der Waals surface area contributed by atoms with Crippen molar-refractivity contribution >= 4 is 17.7 Å². The molecule has 0 aromatic heterocycles. The molecule has 0 spiro atoms. The molecule has 0 unspecified atom stereocenters. The molecule has 0 aliphatic carbocycles. The summed E-state index contributed by atoms with van der Waals surface area (Å²) in [6.07, 6.45) is 2.21. The van der Waals surface area contributed by atoms with Crippen molar-refractivity contribution in [3.05, 3.63) is 23.3 Å². The van der Waals surface area contributed by atoms with E-state index in [1.165, 1.54) is 13.0 Å². The average molecular weight is 381 g/mol. The number of ether oxygens (including phenoxy) is 2. The van der Waals surface area contributed by atoms with Gasteiger partial charge in [0.1, 0.15) is 6.61 Å². The first-order valence-corrected chi connectivity index (χ1v) is 8.99. The quantitative estimate of drug-likeness (QED) is 0.481. The maximum Gasteiger partial charge on any atom is 0.338 e. The molecule has 8 nitrogen and oxygen atoms in total. The smallest absolute Gasteiger partial charge is 0.338 e. The number of Topliss-reactive ketones (excluding diaryl/α,β-unsaturated/α-hetero) is 1. The summed E-state index contributed by atoms with van der Waals surface area (Å²) in [4.78, 5) is 39.7. The summed E-state index contributed by atoms with van der Waals surface area (Å²) < 4.78 is 10.6. The fraction of sp³-hybridized carbons (Fsp3) is 0.632. The van der Waals surface area contributed by atoms with Gasteiger partial charge in [0.25, 0.3) is 0 Å². The van der Waals surface area contributed by atoms with Gasteiger partial charge in [-0.05, 0) is 32.4 Å². The van der Waals surface area contributed by atoms with Crippen molar-refractivity contribution < 1.29 is 34.1 Å². The lowest BCUT2D eigenvalue weighted by Crippen LogP contribution is -2.45. The zero-order chi connectivity index (χ0) is 20.2. The number of likely N-dealkylation sites (N-methyl/N-ethyl adjacent to an activating group) is 1. The number of cyclic esters (lactones) is 1. The maximum absolute atomic E-state index is 12.8. The summed E-state index contributed by atoms with van der Waals surface area (Å²) in [6.45, 7) is 3.25. The molecule has 150 valence electrons. The highest BCUT2D eigenvalue weighted by Gasteiger charge is 2.41. The highest BCUT2D eigenvalue weighted by Crippen LogP contribution is 2.28. The van der Waals surface area contributed by atoms with Crippen LogP contribution in [-0.4, -0.2) is 77.9 Å². The lowest BCUT2D eigenvalue weighted by Gasteiger charge is -2.31. The first-order valence-electron chi connectivity index (χ1n) is 8.99. The van der Waals surface area contributed by atoms with Crippen LogP contribution in [0.5, 0.6) is 0 Å². The molecular formula is C19H27NO7. The van der Waals surface area contributed by atoms with Gasteiger partial charge >= 0.3 is 11.9 Å². The summed E-state index contributed by atoms with van der Waals surface area (Å²) >= 11 is 0. The first kappa shape index (κ1) is 21.3. The van der Waals surface area contributed by atoms with E-state index < -0.39 is 42.0 Å². The number of hydrogen-bond acceptors (Lipinski definition) is 8. The summed E-state index contributed by atoms with van der Waals surface area (Å²) in [5, 5.41) is 19.8. The molecule has 0 aromatic rings. The number of carbonyl (C=O) groups is 3. The maximum atomic E-state index is 12.8. The van der Waals surface area contributed by atoms with E-state index in [1.807, 2.05) is 11.9 Å². The number of aliphatic hydroxyl groups excluding tert-OH is 1. The van der Waals surface area contributed by atoms with E-state index in [0.717, 1.165) is 0 Å². The Morgan fingerprint density at radius 3 is 2.74 bits per heavy atom. The van der Waals surface area contributed by atoms with Crippen molar-refractivity contribution in [2.24, 2.45) is 5.92 Å². The van der Waals surface area contributed by atoms with E-state index in [0.29, 0.717) is 19.5 Å². The molecule has 2 rings (SSSR count). The summed E-state index contributed by atoms with van der Waals surface area (Å²) in [5.41, 5.74) is -1.54. The first-order chi connectivity index (χ1) is 12.7. The predicted molar refractivity (Wildman–Crippen MR) is 95.6 cm³/mol. The van der Waals surface area contributed by atoms with Crippen LogP contribution < -0.4 is 0 Å². The van der Waals surface area contributed by atoms with Gasteiger partial charge in [-0.3, -0.25) is 4.79 Å². The second-order valence-electron chi connectivity index (χ2n) is 7.28. The molecule has 8 heteroatoms. The molecule has 0 saturated carbocycles. The summed E-state index contributed by atoms with van der Waals surface area (Å²) in [6, 6.07) is 0. The van der Waals surface area contributed by atoms with E-state index >= 15 is 0 Å². The number of nitrogens with zero attached hydrogens (tertiary/aromatic N) is 1. The molecule has 3 atom stereocenters. The molecule has 2 heterocycles. The molecule has 1 saturated heterocycles. The van der Waals surface area contributed by atoms with Crippen LogP contribution in [0.25, 0.3) is 0 Å². The van der Waals surface area contributed by atoms with Gasteiger partial charge in [-0.25, -0.2) is 9.59 Å². The summed E-state index contributed by atoms with van der Waals surface area (Å²) in [5.74, 6) is -2.69. The third kappa shape index (κ3) is 5.03. The number of aliphatic hydroxyl groups is 2. The largest absolute Gasteiger partial charge is 0.459 e. The van der Waals surface area contributed by atoms with Crippen LogP contribution in [0, 0.1) is 5.92 Å². The van der Waals surface area contributed by atoms with Gasteiger partial charge in [-0.1, -0.05) is 13.0 Å². The van der Waals surface area contributed by atoms with Gasteiger partial charge in [0.2, 0.25) is 5.78 Å². The number of rotatable bonds is 1. The molecule has 0 aromatic carbocycles. The highest BCUT2D eigenvalue weighted by atomic mass is 16.6. The molecule has 2 N–H and O–H groups in total. The molecule has 27 heavy (non-hydrogen) atoms. The van der Waals surface area contributed by atoms with Crippen LogP contribution in [0.4, 0.5) is 0 Å². The summed E-state index contributed by atoms with van der Waals surface area (Å²) in [7, 11) is 1.86. The molecule has 2 bridgehead atoms. The van der Waals surface area contributed by atoms with E-state index in [4.69, 9.17) is 9.47 Å². The number of ketones is 1. The highest BCUT2D eigenvalue weighted by molar-refractivity contribution is 6.01. The lowest BCUT2D eigenvalue weighted by molar-refractivity contribution is -0.169. The normalized spacial score (nSPS) is 35.1. The van der Waals surface area contributed by atoms with Crippen molar-refractivity contribution in [3.63, 3.8) is 0 Å². The van der Waals surface area contributed by atoms with Gasteiger partial charge in [0.15, 0.2) is 11.7 Å². The molecule has 2 aliphatic heterocycles. The van der Waals surface area contributed by atoms with E-state index in [1.54, 1.807) is 13.0 Å². The Hall–Kier alpha value is -2.03. The van der Waals surface area contributed by atoms with Gasteiger partial charge in [0, 0.05) is 30.7 Å². The third-order valence-electron chi connectivity index (χ3n) is 5.14. The molecule has 2 aliphatic rings. The van der Waals surface area contributed by atoms with E-state index in [-0.39, 0.29) is 24.2 Å². The molecule has 0 amide bonds. The van der Waals surface area contributed by atoms with Crippen molar-refractivity contribution in [2.45, 2.75) is 38.4 Å². The Morgan fingerprint density at radius 2 is 2.07 bits per heavy atom. The van der Waals surface area contributed by atoms with Crippen molar-refractivity contribution in [3.8, 4) is 0 Å². The predicted octanol–water partition coefficient (Wildman–Crippen LogP) is -0.0181. The Labute approximate surface area is 158 Å². The molecular weight excluding hydrogens is 354 g/mol. The van der Waals surface area contributed by atoms with Crippen LogP contribution in [-0.2, 0) is 23.9 Å². The fourth-order valence-corrected chi connectivity index (χ4v) is 2.96. The third-order valence-corrected chi connectivity index (χ3v) is 5.14. The molecule has 1 fully saturated rings. The monoisotopic (exact) mass is 381 g/mol. The zero-order valence-electron chi connectivity index (χ0n) is 15.9. The number of hydrogen-bond donors (Lipinski definition) is 2. The lowest BCUT2D eigenvalue weighted by atomic mass is 9.85. The minimum atomic E-state index is -1.87. The van der Waals surface area contributed by atoms with Crippen LogP contribution in [0.2, 0.25) is 0 Å². The van der Waals surface area contributed by atoms with Gasteiger partial charge in [0.05, 0.1) is 6.61 Å². The Balaban J connectivity index is 2.44. The Kier molecular flexibility index (Phi) is 6.91. The van der Waals surface area contributed by atoms with Crippen LogP contribution in [0.3, 0.4) is 0 Å². The Bertz CT molecular complexity index is 665. The zero-order valence-corrected chi connectivity index (χ0v) is 15.9. The minimum absolute atomic E-state index is 0.00893. The average Bonchev–Trinajstić information content (AvgIpc) is 2.61. The van der Waals surface area contributed by atoms with Crippen LogP contribution >= 0.6 is 0 Å². The van der Waals surface area contributed by atoms with E-state index in [2.05, 4.69) is 0 Å². The number of fused-ring (bicyclic) bond motifs is 2. The fourth-order valence-electron chi connectivity index (χ4n) is 2.96. The Morgan fingerprint density at radius 1 is 1.37 bits per heavy atom. The molecule has 0 radical (unpaired) electrons. The van der Waals surface area contributed by atoms with Gasteiger partial charge in [-0.15, -0.1) is 0 Å². The van der Waals surface area contributed by atoms with Crippen molar-refractivity contribution in [1.82, 2.24) is 4.90 Å². The second-order valence-corrected chi connectivity index (χ2v) is 7.28. The SMILES string of the molecule is C[C@H]1C/C(=C\CO)C(=O)O[C@@H]2CCN(C)C/C=C(/COC(=O)[C@]1(C)O)C2=O. The second kappa shape index (κ2) is 8.77. The van der Waals surface area contributed by atoms with Crippen molar-refractivity contribution in [2.75, 3.05) is 33.4 Å². The standard InChI is InChI=1S/C19H27NO7/c1-12-10-13(6-9-21)17(23)27-15-5-8-20(3)7-4-14(16(15)22)11-26-18(24)19(12,2)25/h4,6,12,15,21,25H,5,7-11H2,1-3H3/b13-6+,14-4-/t12-,15+,19+/m0/s1. The van der Waals surface area contributed by atoms with Crippen LogP contribution in [0.15, 0.2) is 23.3 Å². The minimum Gasteiger partial charge on any atom is -0.459 e.